The Balaban J connectivity index is 1.15. The summed E-state index contributed by atoms with van der Waals surface area (Å²) in [5, 5.41) is 26.9. The molecule has 1 unspecified atom stereocenters. The molecule has 2 aromatic heterocycles. The minimum atomic E-state index is -0.902. The predicted octanol–water partition coefficient (Wildman–Crippen LogP) is 4.06. The molecule has 2 aliphatic carbocycles. The number of nitrogens with zero attached hydrogens (tertiary/aromatic N) is 6. The van der Waals surface area contributed by atoms with Crippen LogP contribution in [0.15, 0.2) is 42.6 Å². The summed E-state index contributed by atoms with van der Waals surface area (Å²) < 4.78 is 0. The van der Waals surface area contributed by atoms with E-state index in [0.29, 0.717) is 41.7 Å². The van der Waals surface area contributed by atoms with E-state index in [0.717, 1.165) is 49.9 Å². The van der Waals surface area contributed by atoms with Crippen LogP contribution >= 0.6 is 0 Å². The van der Waals surface area contributed by atoms with Crippen LogP contribution in [0.25, 0.3) is 0 Å². The van der Waals surface area contributed by atoms with Crippen molar-refractivity contribution in [3.05, 3.63) is 59.4 Å². The van der Waals surface area contributed by atoms with E-state index in [1.165, 1.54) is 24.7 Å². The van der Waals surface area contributed by atoms with Crippen molar-refractivity contribution in [2.45, 2.75) is 50.7 Å². The van der Waals surface area contributed by atoms with Crippen LogP contribution in [0.4, 0.5) is 29.0 Å². The van der Waals surface area contributed by atoms with Crippen molar-refractivity contribution >= 4 is 29.0 Å². The number of hydrogen-bond acceptors (Lipinski definition) is 9. The average molecular weight is 497 g/mol. The molecule has 9 nitrogen and oxygen atoms in total. The monoisotopic (exact) mass is 496 g/mol. The summed E-state index contributed by atoms with van der Waals surface area (Å²) in [6.07, 6.45) is 6.32. The molecule has 3 aliphatic rings. The van der Waals surface area contributed by atoms with Crippen LogP contribution in [-0.4, -0.2) is 57.2 Å². The van der Waals surface area contributed by atoms with Gasteiger partial charge in [-0.15, -0.1) is 0 Å². The zero-order chi connectivity index (χ0) is 25.4. The van der Waals surface area contributed by atoms with E-state index in [9.17, 15) is 10.4 Å². The second-order valence-corrected chi connectivity index (χ2v) is 10.2. The maximum absolute atomic E-state index is 10.9. The molecule has 6 rings (SSSR count). The smallest absolute Gasteiger partial charge is 0.229 e. The summed E-state index contributed by atoms with van der Waals surface area (Å²) in [4.78, 5) is 18.6. The van der Waals surface area contributed by atoms with Gasteiger partial charge in [-0.25, -0.2) is 9.97 Å². The summed E-state index contributed by atoms with van der Waals surface area (Å²) in [7, 11) is 0. The molecule has 37 heavy (non-hydrogen) atoms. The van der Waals surface area contributed by atoms with Crippen molar-refractivity contribution in [2.75, 3.05) is 41.7 Å². The first-order valence-corrected chi connectivity index (χ1v) is 13.2. The van der Waals surface area contributed by atoms with Crippen molar-refractivity contribution in [3.8, 4) is 6.07 Å². The zero-order valence-corrected chi connectivity index (χ0v) is 21.1. The highest BCUT2D eigenvalue weighted by Gasteiger charge is 2.36. The fourth-order valence-corrected chi connectivity index (χ4v) is 5.38. The Hall–Kier alpha value is -3.74. The number of aromatic nitrogens is 3. The summed E-state index contributed by atoms with van der Waals surface area (Å²) in [5.41, 5.74) is 3.28. The molecular formula is C28H32N8O. The largest absolute Gasteiger partial charge is 0.384 e. The number of piperazine rings is 1. The predicted molar refractivity (Wildman–Crippen MR) is 143 cm³/mol. The van der Waals surface area contributed by atoms with Crippen LogP contribution in [0, 0.1) is 11.3 Å². The van der Waals surface area contributed by atoms with Crippen molar-refractivity contribution in [1.29, 1.82) is 5.26 Å². The number of hydrogen-bond donors (Lipinski definition) is 3. The van der Waals surface area contributed by atoms with Crippen molar-refractivity contribution in [1.82, 2.24) is 19.9 Å². The number of benzene rings is 1. The Kier molecular flexibility index (Phi) is 6.14. The molecule has 3 heterocycles. The number of pyridine rings is 1. The minimum absolute atomic E-state index is 0.319. The number of aryl methyl sites for hydroxylation is 1. The van der Waals surface area contributed by atoms with Crippen LogP contribution in [0.1, 0.15) is 49.4 Å². The molecule has 1 atom stereocenters. The van der Waals surface area contributed by atoms with E-state index in [1.54, 1.807) is 0 Å². The van der Waals surface area contributed by atoms with Crippen LogP contribution in [0.3, 0.4) is 0 Å². The van der Waals surface area contributed by atoms with Crippen LogP contribution in [0.2, 0.25) is 0 Å². The first-order valence-electron chi connectivity index (χ1n) is 13.2. The number of nitrogens with one attached hydrogen (secondary N) is 2. The third kappa shape index (κ3) is 4.82. The molecule has 1 aromatic carbocycles. The first-order chi connectivity index (χ1) is 18.0. The second-order valence-electron chi connectivity index (χ2n) is 10.2. The number of rotatable bonds is 7. The molecule has 1 saturated carbocycles. The van der Waals surface area contributed by atoms with E-state index in [2.05, 4.69) is 53.6 Å². The lowest BCUT2D eigenvalue weighted by atomic mass is 9.98. The third-order valence-electron chi connectivity index (χ3n) is 7.83. The molecule has 3 N–H and O–H groups in total. The van der Waals surface area contributed by atoms with Gasteiger partial charge in [-0.1, -0.05) is 13.0 Å². The second kappa shape index (κ2) is 9.61. The standard InChI is InChI=1S/C28H32N8O/c1-2-28(37)12-11-19-3-10-24(32-25(19)28)33-26-20(17-29)18-30-27(34-26)31-21-4-6-22(7-5-21)35-13-15-36(16-14-35)23-8-9-23/h3-7,10,18,23,37H,2,8-9,11-16H2,1H3,(H2,30,31,32,33,34). The fourth-order valence-electron chi connectivity index (χ4n) is 5.38. The summed E-state index contributed by atoms with van der Waals surface area (Å²) in [6.45, 7) is 6.36. The van der Waals surface area contributed by atoms with Gasteiger partial charge in [0.15, 0.2) is 5.82 Å². The van der Waals surface area contributed by atoms with Crippen LogP contribution in [0.5, 0.6) is 0 Å². The van der Waals surface area contributed by atoms with Crippen molar-refractivity contribution in [2.24, 2.45) is 0 Å². The Morgan fingerprint density at radius 2 is 1.84 bits per heavy atom. The van der Waals surface area contributed by atoms with Gasteiger partial charge >= 0.3 is 0 Å². The number of nitriles is 1. The van der Waals surface area contributed by atoms with E-state index in [-0.39, 0.29) is 0 Å². The van der Waals surface area contributed by atoms with Gasteiger partial charge in [-0.2, -0.15) is 10.2 Å². The Bertz CT molecular complexity index is 1320. The summed E-state index contributed by atoms with van der Waals surface area (Å²) in [6, 6.07) is 15.1. The van der Waals surface area contributed by atoms with E-state index in [1.807, 2.05) is 31.2 Å². The average Bonchev–Trinajstić information content (AvgIpc) is 3.74. The van der Waals surface area contributed by atoms with Gasteiger partial charge in [-0.05, 0) is 68.0 Å². The zero-order valence-electron chi connectivity index (χ0n) is 21.1. The van der Waals surface area contributed by atoms with Gasteiger partial charge in [0, 0.05) is 43.6 Å². The summed E-state index contributed by atoms with van der Waals surface area (Å²) >= 11 is 0. The number of anilines is 5. The lowest BCUT2D eigenvalue weighted by Gasteiger charge is -2.36. The number of fused-ring (bicyclic) bond motifs is 1. The highest BCUT2D eigenvalue weighted by molar-refractivity contribution is 5.64. The quantitative estimate of drug-likeness (QED) is 0.446. The molecular weight excluding hydrogens is 464 g/mol. The van der Waals surface area contributed by atoms with Gasteiger partial charge in [0.1, 0.15) is 23.1 Å². The molecule has 0 spiro atoms. The Morgan fingerprint density at radius 3 is 2.54 bits per heavy atom. The lowest BCUT2D eigenvalue weighted by Crippen LogP contribution is -2.47. The van der Waals surface area contributed by atoms with E-state index in [4.69, 9.17) is 0 Å². The third-order valence-corrected chi connectivity index (χ3v) is 7.83. The van der Waals surface area contributed by atoms with Gasteiger partial charge in [0.05, 0.1) is 11.9 Å². The molecule has 9 heteroatoms. The molecule has 0 amide bonds. The molecule has 2 fully saturated rings. The minimum Gasteiger partial charge on any atom is -0.384 e. The molecule has 1 saturated heterocycles. The van der Waals surface area contributed by atoms with Gasteiger partial charge in [-0.3, -0.25) is 4.90 Å². The van der Waals surface area contributed by atoms with Gasteiger partial charge < -0.3 is 20.6 Å². The van der Waals surface area contributed by atoms with Crippen molar-refractivity contribution < 1.29 is 5.11 Å². The first kappa shape index (κ1) is 23.6. The molecule has 0 bridgehead atoms. The van der Waals surface area contributed by atoms with Gasteiger partial charge in [0.25, 0.3) is 0 Å². The molecule has 0 radical (unpaired) electrons. The van der Waals surface area contributed by atoms with Gasteiger partial charge in [0.2, 0.25) is 5.95 Å². The van der Waals surface area contributed by atoms with Crippen LogP contribution < -0.4 is 15.5 Å². The van der Waals surface area contributed by atoms with Crippen LogP contribution in [-0.2, 0) is 12.0 Å². The fraction of sp³-hybridized carbons (Fsp3) is 0.429. The highest BCUT2D eigenvalue weighted by atomic mass is 16.3. The molecule has 1 aliphatic heterocycles. The van der Waals surface area contributed by atoms with E-state index < -0.39 is 5.60 Å². The summed E-state index contributed by atoms with van der Waals surface area (Å²) in [5.74, 6) is 1.30. The number of aliphatic hydroxyl groups is 1. The maximum Gasteiger partial charge on any atom is 0.229 e. The SMILES string of the molecule is CCC1(O)CCc2ccc(Nc3nc(Nc4ccc(N5CCN(C6CC6)CC5)cc4)ncc3C#N)nc21. The lowest BCUT2D eigenvalue weighted by molar-refractivity contribution is 0.0307. The van der Waals surface area contributed by atoms with E-state index >= 15 is 0 Å². The molecule has 3 aromatic rings. The van der Waals surface area contributed by atoms with Crippen molar-refractivity contribution in [3.63, 3.8) is 0 Å². The topological polar surface area (TPSA) is 113 Å². The molecule has 190 valence electrons. The Labute approximate surface area is 217 Å². The normalized spacial score (nSPS) is 21.4. The Morgan fingerprint density at radius 1 is 1.05 bits per heavy atom. The highest BCUT2D eigenvalue weighted by Crippen LogP contribution is 2.39. The maximum atomic E-state index is 10.9.